The van der Waals surface area contributed by atoms with Crippen LogP contribution in [0.15, 0.2) is 30.6 Å². The molecule has 0 radical (unpaired) electrons. The molecule has 1 N–H and O–H groups in total. The van der Waals surface area contributed by atoms with Gasteiger partial charge in [0.25, 0.3) is 0 Å². The van der Waals surface area contributed by atoms with Gasteiger partial charge in [0.15, 0.2) is 5.82 Å². The summed E-state index contributed by atoms with van der Waals surface area (Å²) in [5.41, 5.74) is 0.553. The molecule has 1 aliphatic heterocycles. The van der Waals surface area contributed by atoms with Gasteiger partial charge in [0.1, 0.15) is 12.4 Å². The van der Waals surface area contributed by atoms with Crippen molar-refractivity contribution in [2.24, 2.45) is 0 Å². The number of carboxylic acid groups (broad SMARTS) is 1. The maximum atomic E-state index is 13.9. The lowest BCUT2D eigenvalue weighted by molar-refractivity contribution is 0.122. The van der Waals surface area contributed by atoms with Gasteiger partial charge >= 0.3 is 6.09 Å². The quantitative estimate of drug-likeness (QED) is 0.879. The molecule has 140 valence electrons. The van der Waals surface area contributed by atoms with Gasteiger partial charge in [0.2, 0.25) is 5.88 Å². The van der Waals surface area contributed by atoms with Crippen molar-refractivity contribution in [1.82, 2.24) is 14.9 Å². The molecule has 3 rings (SSSR count). The number of carbonyl (C=O) groups is 1. The molecule has 2 heterocycles. The molecule has 1 saturated heterocycles. The standard InChI is InChI=1S/C18H18FN5O3/c1-12-10-23(4-5-24(12)18(25)26)16-8-21-9-17(22-16)27-11-14-3-2-13(7-20)6-15(14)19/h2-3,6,8-9,12H,4-5,10-11H2,1H3,(H,25,26). The third-order valence-corrected chi connectivity index (χ3v) is 4.35. The Balaban J connectivity index is 1.66. The highest BCUT2D eigenvalue weighted by molar-refractivity contribution is 5.66. The van der Waals surface area contributed by atoms with Crippen LogP contribution in [0, 0.1) is 17.1 Å². The Hall–Kier alpha value is -3.41. The van der Waals surface area contributed by atoms with Gasteiger partial charge < -0.3 is 19.6 Å². The first-order valence-corrected chi connectivity index (χ1v) is 8.36. The number of hydrogen-bond acceptors (Lipinski definition) is 6. The van der Waals surface area contributed by atoms with Crippen molar-refractivity contribution in [1.29, 1.82) is 5.26 Å². The molecule has 0 spiro atoms. The minimum absolute atomic E-state index is 0.0428. The van der Waals surface area contributed by atoms with Crippen LogP contribution >= 0.6 is 0 Å². The van der Waals surface area contributed by atoms with Crippen molar-refractivity contribution in [2.45, 2.75) is 19.6 Å². The summed E-state index contributed by atoms with van der Waals surface area (Å²) in [6, 6.07) is 5.88. The first-order chi connectivity index (χ1) is 13.0. The van der Waals surface area contributed by atoms with Crippen molar-refractivity contribution < 1.29 is 19.0 Å². The first kappa shape index (κ1) is 18.4. The number of rotatable bonds is 4. The van der Waals surface area contributed by atoms with E-state index >= 15 is 0 Å². The van der Waals surface area contributed by atoms with Gasteiger partial charge in [0.05, 0.1) is 24.0 Å². The molecule has 1 aliphatic rings. The zero-order valence-electron chi connectivity index (χ0n) is 14.7. The van der Waals surface area contributed by atoms with Crippen LogP contribution < -0.4 is 9.64 Å². The van der Waals surface area contributed by atoms with Crippen molar-refractivity contribution >= 4 is 11.9 Å². The molecular weight excluding hydrogens is 353 g/mol. The van der Waals surface area contributed by atoms with E-state index in [9.17, 15) is 9.18 Å². The summed E-state index contributed by atoms with van der Waals surface area (Å²) in [7, 11) is 0. The van der Waals surface area contributed by atoms with Gasteiger partial charge in [0, 0.05) is 31.2 Å². The summed E-state index contributed by atoms with van der Waals surface area (Å²) >= 11 is 0. The SMILES string of the molecule is CC1CN(c2cncc(OCc3ccc(C#N)cc3F)n2)CCN1C(=O)O. The number of ether oxygens (including phenoxy) is 1. The molecular formula is C18H18FN5O3. The van der Waals surface area contributed by atoms with Gasteiger partial charge in [-0.25, -0.2) is 9.18 Å². The summed E-state index contributed by atoms with van der Waals surface area (Å²) in [6.07, 6.45) is 2.08. The van der Waals surface area contributed by atoms with E-state index < -0.39 is 11.9 Å². The lowest BCUT2D eigenvalue weighted by Gasteiger charge is -2.38. The number of piperazine rings is 1. The summed E-state index contributed by atoms with van der Waals surface area (Å²) in [5.74, 6) is 0.297. The van der Waals surface area contributed by atoms with Crippen LogP contribution in [0.3, 0.4) is 0 Å². The predicted molar refractivity (Wildman–Crippen MR) is 93.9 cm³/mol. The molecule has 1 atom stereocenters. The Morgan fingerprint density at radius 3 is 2.93 bits per heavy atom. The summed E-state index contributed by atoms with van der Waals surface area (Å²) in [5, 5.41) is 17.9. The van der Waals surface area contributed by atoms with Crippen LogP contribution in [0.2, 0.25) is 0 Å². The predicted octanol–water partition coefficient (Wildman–Crippen LogP) is 2.25. The average molecular weight is 371 g/mol. The molecule has 27 heavy (non-hydrogen) atoms. The van der Waals surface area contributed by atoms with Crippen molar-refractivity contribution in [3.63, 3.8) is 0 Å². The smallest absolute Gasteiger partial charge is 0.407 e. The molecule has 9 heteroatoms. The molecule has 0 bridgehead atoms. The van der Waals surface area contributed by atoms with Crippen LogP contribution in [-0.4, -0.2) is 51.7 Å². The largest absolute Gasteiger partial charge is 0.472 e. The zero-order chi connectivity index (χ0) is 19.4. The molecule has 0 aliphatic carbocycles. The van der Waals surface area contributed by atoms with E-state index in [1.54, 1.807) is 6.20 Å². The second-order valence-electron chi connectivity index (χ2n) is 6.19. The van der Waals surface area contributed by atoms with E-state index in [-0.39, 0.29) is 24.1 Å². The van der Waals surface area contributed by atoms with E-state index in [4.69, 9.17) is 15.1 Å². The van der Waals surface area contributed by atoms with Crippen LogP contribution in [0.25, 0.3) is 0 Å². The topological polar surface area (TPSA) is 103 Å². The fourth-order valence-electron chi connectivity index (χ4n) is 2.90. The third-order valence-electron chi connectivity index (χ3n) is 4.35. The molecule has 8 nitrogen and oxygen atoms in total. The zero-order valence-corrected chi connectivity index (χ0v) is 14.7. The second-order valence-corrected chi connectivity index (χ2v) is 6.19. The number of amides is 1. The van der Waals surface area contributed by atoms with Crippen LogP contribution in [0.1, 0.15) is 18.1 Å². The van der Waals surface area contributed by atoms with Gasteiger partial charge in [-0.05, 0) is 19.1 Å². The van der Waals surface area contributed by atoms with Crippen molar-refractivity contribution in [2.75, 3.05) is 24.5 Å². The monoisotopic (exact) mass is 371 g/mol. The van der Waals surface area contributed by atoms with Crippen molar-refractivity contribution in [3.05, 3.63) is 47.5 Å². The molecule has 1 aromatic carbocycles. The number of anilines is 1. The molecule has 1 aromatic heterocycles. The maximum Gasteiger partial charge on any atom is 0.407 e. The lowest BCUT2D eigenvalue weighted by Crippen LogP contribution is -2.54. The summed E-state index contributed by atoms with van der Waals surface area (Å²) < 4.78 is 19.5. The normalized spacial score (nSPS) is 16.7. The van der Waals surface area contributed by atoms with Gasteiger partial charge in [-0.15, -0.1) is 0 Å². The minimum Gasteiger partial charge on any atom is -0.472 e. The first-order valence-electron chi connectivity index (χ1n) is 8.36. The molecule has 1 fully saturated rings. The Bertz CT molecular complexity index is 886. The number of aromatic nitrogens is 2. The lowest BCUT2D eigenvalue weighted by atomic mass is 10.1. The number of halogens is 1. The van der Waals surface area contributed by atoms with E-state index in [0.29, 0.717) is 31.0 Å². The van der Waals surface area contributed by atoms with E-state index in [1.807, 2.05) is 17.9 Å². The van der Waals surface area contributed by atoms with Gasteiger partial charge in [-0.3, -0.25) is 4.98 Å². The van der Waals surface area contributed by atoms with Crippen LogP contribution in [0.4, 0.5) is 15.0 Å². The second kappa shape index (κ2) is 7.86. The van der Waals surface area contributed by atoms with Gasteiger partial charge in [-0.2, -0.15) is 10.2 Å². The molecule has 1 unspecified atom stereocenters. The Morgan fingerprint density at radius 2 is 2.26 bits per heavy atom. The summed E-state index contributed by atoms with van der Waals surface area (Å²) in [6.45, 7) is 3.16. The molecule has 2 aromatic rings. The number of nitrogens with zero attached hydrogens (tertiary/aromatic N) is 5. The van der Waals surface area contributed by atoms with Crippen LogP contribution in [0.5, 0.6) is 5.88 Å². The maximum absolute atomic E-state index is 13.9. The van der Waals surface area contributed by atoms with E-state index in [0.717, 1.165) is 6.07 Å². The van der Waals surface area contributed by atoms with Gasteiger partial charge in [-0.1, -0.05) is 6.07 Å². The molecule has 0 saturated carbocycles. The highest BCUT2D eigenvalue weighted by atomic mass is 19.1. The molecule has 1 amide bonds. The Kier molecular flexibility index (Phi) is 5.35. The minimum atomic E-state index is -0.935. The highest BCUT2D eigenvalue weighted by Gasteiger charge is 2.28. The Labute approximate surface area is 155 Å². The Morgan fingerprint density at radius 1 is 1.44 bits per heavy atom. The number of benzene rings is 1. The number of hydrogen-bond donors (Lipinski definition) is 1. The fourth-order valence-corrected chi connectivity index (χ4v) is 2.90. The van der Waals surface area contributed by atoms with Crippen molar-refractivity contribution in [3.8, 4) is 11.9 Å². The third kappa shape index (κ3) is 4.23. The fraction of sp³-hybridized carbons (Fsp3) is 0.333. The number of nitriles is 1. The average Bonchev–Trinajstić information content (AvgIpc) is 2.66. The van der Waals surface area contributed by atoms with E-state index in [1.165, 1.54) is 23.2 Å². The summed E-state index contributed by atoms with van der Waals surface area (Å²) in [4.78, 5) is 23.0. The van der Waals surface area contributed by atoms with E-state index in [2.05, 4.69) is 9.97 Å². The highest BCUT2D eigenvalue weighted by Crippen LogP contribution is 2.20. The van der Waals surface area contributed by atoms with Crippen LogP contribution in [-0.2, 0) is 6.61 Å².